The lowest BCUT2D eigenvalue weighted by Crippen LogP contribution is -2.43. The molecule has 42 heavy (non-hydrogen) atoms. The van der Waals surface area contributed by atoms with Crippen molar-refractivity contribution < 1.29 is 43.9 Å². The number of likely N-dealkylation sites (tertiary alicyclic amines) is 2. The summed E-state index contributed by atoms with van der Waals surface area (Å²) in [4.78, 5) is 3.38. The zero-order valence-electron chi connectivity index (χ0n) is 22.3. The van der Waals surface area contributed by atoms with Crippen LogP contribution in [-0.4, -0.2) is 54.4 Å². The van der Waals surface area contributed by atoms with Gasteiger partial charge in [0.2, 0.25) is 0 Å². The molecule has 0 spiro atoms. The minimum absolute atomic E-state index is 0.0479. The van der Waals surface area contributed by atoms with Crippen LogP contribution in [0, 0.1) is 11.3 Å². The van der Waals surface area contributed by atoms with Crippen LogP contribution in [0.1, 0.15) is 60.0 Å². The monoisotopic (exact) mass is 612 g/mol. The number of piperidine rings is 2. The van der Waals surface area contributed by atoms with Crippen LogP contribution in [0.2, 0.25) is 0 Å². The van der Waals surface area contributed by atoms with Gasteiger partial charge in [0.1, 0.15) is 6.04 Å². The molecule has 2 saturated heterocycles. The van der Waals surface area contributed by atoms with Gasteiger partial charge in [-0.3, -0.25) is 9.80 Å². The lowest BCUT2D eigenvalue weighted by atomic mass is 9.99. The Morgan fingerprint density at radius 1 is 0.667 bits per heavy atom. The Bertz CT molecular complexity index is 1170. The average molecular weight is 613 g/mol. The molecule has 2 fully saturated rings. The van der Waals surface area contributed by atoms with E-state index in [0.717, 1.165) is 24.3 Å². The quantitative estimate of drug-likeness (QED) is 0.357. The van der Waals surface area contributed by atoms with Gasteiger partial charge in [-0.05, 0) is 35.4 Å². The van der Waals surface area contributed by atoms with E-state index in [-0.39, 0.29) is 64.4 Å². The Hall–Kier alpha value is -2.89. The lowest BCUT2D eigenvalue weighted by molar-refractivity contribution is -0.138. The molecule has 4 rings (SSSR count). The van der Waals surface area contributed by atoms with Gasteiger partial charge in [0.25, 0.3) is 11.8 Å². The molecule has 0 aromatic heterocycles. The van der Waals surface area contributed by atoms with Gasteiger partial charge in [-0.1, -0.05) is 24.3 Å². The van der Waals surface area contributed by atoms with Crippen LogP contribution in [0.15, 0.2) is 48.5 Å². The molecule has 2 aromatic rings. The minimum atomic E-state index is -4.44. The third-order valence-corrected chi connectivity index (χ3v) is 7.39. The first-order valence-corrected chi connectivity index (χ1v) is 13.1. The van der Waals surface area contributed by atoms with Gasteiger partial charge in [0, 0.05) is 64.4 Å². The van der Waals surface area contributed by atoms with Gasteiger partial charge < -0.3 is 5.73 Å². The topological polar surface area (TPSA) is 56.3 Å². The van der Waals surface area contributed by atoms with Crippen LogP contribution in [0.3, 0.4) is 0 Å². The zero-order valence-corrected chi connectivity index (χ0v) is 22.3. The summed E-state index contributed by atoms with van der Waals surface area (Å²) in [6, 6.07) is 9.82. The second-order valence-electron chi connectivity index (χ2n) is 10.3. The van der Waals surface area contributed by atoms with Crippen LogP contribution in [0.4, 0.5) is 43.9 Å². The molecule has 0 bridgehead atoms. The number of nitrogens with zero attached hydrogens (tertiary/aromatic N) is 3. The third-order valence-electron chi connectivity index (χ3n) is 7.39. The third kappa shape index (κ3) is 9.05. The molecular weight excluding hydrogens is 582 g/mol. The van der Waals surface area contributed by atoms with Crippen molar-refractivity contribution in [2.75, 3.05) is 32.7 Å². The Balaban J connectivity index is 0.000000230. The van der Waals surface area contributed by atoms with Gasteiger partial charge in [0.15, 0.2) is 0 Å². The molecule has 0 radical (unpaired) electrons. The summed E-state index contributed by atoms with van der Waals surface area (Å²) < 4.78 is 128. The van der Waals surface area contributed by atoms with Crippen molar-refractivity contribution in [1.82, 2.24) is 9.80 Å². The Morgan fingerprint density at radius 2 is 1.02 bits per heavy atom. The first kappa shape index (κ1) is 33.6. The Morgan fingerprint density at radius 3 is 1.36 bits per heavy atom. The lowest BCUT2D eigenvalue weighted by Gasteiger charge is -2.37. The highest BCUT2D eigenvalue weighted by Gasteiger charge is 2.38. The number of benzene rings is 2. The van der Waals surface area contributed by atoms with E-state index in [9.17, 15) is 49.2 Å². The summed E-state index contributed by atoms with van der Waals surface area (Å²) >= 11 is 0. The maximum absolute atomic E-state index is 13.1. The molecule has 0 saturated carbocycles. The molecule has 2 unspecified atom stereocenters. The van der Waals surface area contributed by atoms with E-state index in [0.29, 0.717) is 11.1 Å². The molecule has 0 aliphatic carbocycles. The summed E-state index contributed by atoms with van der Waals surface area (Å²) in [6.45, 7) is 0.654. The van der Waals surface area contributed by atoms with Crippen molar-refractivity contribution >= 4 is 0 Å². The van der Waals surface area contributed by atoms with Crippen molar-refractivity contribution in [3.63, 3.8) is 0 Å². The SMILES string of the molecule is N#CC(c1ccc(C(F)(F)F)cc1)N1CCC(F)(F)CC1.NCC(c1ccc(C(F)(F)F)cc1)N1CCC(F)(F)CC1. The van der Waals surface area contributed by atoms with Gasteiger partial charge >= 0.3 is 12.4 Å². The molecule has 2 atom stereocenters. The van der Waals surface area contributed by atoms with E-state index in [2.05, 4.69) is 0 Å². The number of rotatable bonds is 5. The number of hydrogen-bond acceptors (Lipinski definition) is 4. The fourth-order valence-corrected chi connectivity index (χ4v) is 4.88. The predicted octanol–water partition coefficient (Wildman–Crippen LogP) is 7.44. The van der Waals surface area contributed by atoms with Crippen LogP contribution in [0.5, 0.6) is 0 Å². The molecule has 14 heteroatoms. The van der Waals surface area contributed by atoms with Gasteiger partial charge in [-0.15, -0.1) is 0 Å². The number of nitrogens with two attached hydrogens (primary N) is 1. The van der Waals surface area contributed by atoms with Crippen LogP contribution in [0.25, 0.3) is 0 Å². The Kier molecular flexibility index (Phi) is 10.5. The van der Waals surface area contributed by atoms with E-state index < -0.39 is 41.4 Å². The number of nitriles is 1. The first-order chi connectivity index (χ1) is 19.5. The van der Waals surface area contributed by atoms with Crippen molar-refractivity contribution in [2.45, 2.75) is 62.0 Å². The standard InChI is InChI=1S/C14H17F5N2.C14H13F5N2/c2*15-13(16)5-7-21(8-6-13)12(9-20)10-1-3-11(4-2-10)14(17,18)19/h1-4,12H,5-9,20H2;1-4,12H,5-8H2. The summed E-state index contributed by atoms with van der Waals surface area (Å²) in [7, 11) is 0. The molecule has 2 aliphatic heterocycles. The zero-order chi connectivity index (χ0) is 31.3. The molecule has 4 nitrogen and oxygen atoms in total. The van der Waals surface area contributed by atoms with Crippen molar-refractivity contribution in [1.29, 1.82) is 5.26 Å². The van der Waals surface area contributed by atoms with E-state index in [1.807, 2.05) is 6.07 Å². The van der Waals surface area contributed by atoms with Crippen molar-refractivity contribution in [2.24, 2.45) is 5.73 Å². The van der Waals surface area contributed by atoms with Crippen molar-refractivity contribution in [3.05, 3.63) is 70.8 Å². The van der Waals surface area contributed by atoms with Gasteiger partial charge in [-0.25, -0.2) is 17.6 Å². The van der Waals surface area contributed by atoms with Crippen LogP contribution < -0.4 is 5.73 Å². The molecular formula is C28H30F10N4. The van der Waals surface area contributed by atoms with Gasteiger partial charge in [-0.2, -0.15) is 31.6 Å². The fourth-order valence-electron chi connectivity index (χ4n) is 4.88. The highest BCUT2D eigenvalue weighted by atomic mass is 19.4. The van der Waals surface area contributed by atoms with E-state index in [1.54, 1.807) is 9.80 Å². The molecule has 2 heterocycles. The number of halogens is 10. The van der Waals surface area contributed by atoms with Gasteiger partial charge in [0.05, 0.1) is 17.2 Å². The van der Waals surface area contributed by atoms with Crippen LogP contribution >= 0.6 is 0 Å². The minimum Gasteiger partial charge on any atom is -0.329 e. The summed E-state index contributed by atoms with van der Waals surface area (Å²) in [5.74, 6) is -5.38. The maximum Gasteiger partial charge on any atom is 0.416 e. The smallest absolute Gasteiger partial charge is 0.329 e. The molecule has 2 aliphatic rings. The second kappa shape index (κ2) is 13.2. The number of alkyl halides is 10. The first-order valence-electron chi connectivity index (χ1n) is 13.1. The molecule has 2 aromatic carbocycles. The normalized spacial score (nSPS) is 21.0. The van der Waals surface area contributed by atoms with Crippen molar-refractivity contribution in [3.8, 4) is 6.07 Å². The van der Waals surface area contributed by atoms with E-state index in [1.165, 1.54) is 24.3 Å². The molecule has 0 amide bonds. The summed E-state index contributed by atoms with van der Waals surface area (Å²) in [5.41, 5.74) is 5.15. The molecule has 2 N–H and O–H groups in total. The van der Waals surface area contributed by atoms with Crippen LogP contribution in [-0.2, 0) is 12.4 Å². The average Bonchev–Trinajstić information content (AvgIpc) is 2.91. The fraction of sp³-hybridized carbons (Fsp3) is 0.536. The summed E-state index contributed by atoms with van der Waals surface area (Å²) in [5, 5.41) is 9.19. The summed E-state index contributed by atoms with van der Waals surface area (Å²) in [6.07, 6.45) is -10.00. The predicted molar refractivity (Wildman–Crippen MR) is 135 cm³/mol. The largest absolute Gasteiger partial charge is 0.416 e. The highest BCUT2D eigenvalue weighted by molar-refractivity contribution is 5.30. The maximum atomic E-state index is 13.1. The molecule has 232 valence electrons. The number of hydrogen-bond donors (Lipinski definition) is 1. The highest BCUT2D eigenvalue weighted by Crippen LogP contribution is 2.35. The Labute approximate surface area is 236 Å². The van der Waals surface area contributed by atoms with E-state index in [4.69, 9.17) is 5.73 Å². The van der Waals surface area contributed by atoms with E-state index >= 15 is 0 Å². The second-order valence-corrected chi connectivity index (χ2v) is 10.3.